The molecule has 0 saturated carbocycles. The van der Waals surface area contributed by atoms with Gasteiger partial charge in [0.25, 0.3) is 0 Å². The Balaban J connectivity index is 2.11. The Morgan fingerprint density at radius 2 is 2.40 bits per heavy atom. The van der Waals surface area contributed by atoms with E-state index in [0.29, 0.717) is 6.04 Å². The third-order valence-electron chi connectivity index (χ3n) is 2.51. The Labute approximate surface area is 96.5 Å². The minimum atomic E-state index is 0.623. The van der Waals surface area contributed by atoms with Gasteiger partial charge >= 0.3 is 0 Å². The molecule has 0 saturated heterocycles. The van der Waals surface area contributed by atoms with E-state index in [4.69, 9.17) is 0 Å². The van der Waals surface area contributed by atoms with Crippen molar-refractivity contribution in [3.63, 3.8) is 0 Å². The number of nitrogens with one attached hydrogen (secondary N) is 1. The predicted molar refractivity (Wildman–Crippen MR) is 66.2 cm³/mol. The van der Waals surface area contributed by atoms with Crippen LogP contribution in [0.2, 0.25) is 0 Å². The first-order valence-electron chi connectivity index (χ1n) is 5.51. The first-order valence-corrected chi connectivity index (χ1v) is 6.45. The fourth-order valence-corrected chi connectivity index (χ4v) is 1.87. The molecular formula is C11H21N3S. The van der Waals surface area contributed by atoms with E-state index >= 15 is 0 Å². The van der Waals surface area contributed by atoms with E-state index in [1.165, 1.54) is 12.1 Å². The highest BCUT2D eigenvalue weighted by Gasteiger charge is 2.02. The molecule has 1 N–H and O–H groups in total. The Kier molecular flexibility index (Phi) is 5.83. The number of hydrogen-bond acceptors (Lipinski definition) is 4. The van der Waals surface area contributed by atoms with E-state index in [0.717, 1.165) is 19.6 Å². The van der Waals surface area contributed by atoms with Crippen molar-refractivity contribution in [3.8, 4) is 0 Å². The van der Waals surface area contributed by atoms with Gasteiger partial charge in [-0.2, -0.15) is 0 Å². The Morgan fingerprint density at radius 3 is 3.00 bits per heavy atom. The van der Waals surface area contributed by atoms with Crippen molar-refractivity contribution in [3.05, 3.63) is 16.6 Å². The molecule has 15 heavy (non-hydrogen) atoms. The lowest BCUT2D eigenvalue weighted by Crippen LogP contribution is -2.33. The first kappa shape index (κ1) is 12.6. The highest BCUT2D eigenvalue weighted by molar-refractivity contribution is 7.07. The van der Waals surface area contributed by atoms with Gasteiger partial charge in [0, 0.05) is 31.1 Å². The summed E-state index contributed by atoms with van der Waals surface area (Å²) >= 11 is 1.66. The second-order valence-electron chi connectivity index (χ2n) is 3.98. The van der Waals surface area contributed by atoms with Crippen LogP contribution < -0.4 is 5.32 Å². The van der Waals surface area contributed by atoms with Crippen LogP contribution in [-0.2, 0) is 6.54 Å². The van der Waals surface area contributed by atoms with Crippen LogP contribution in [0.5, 0.6) is 0 Å². The molecule has 0 amide bonds. The Bertz CT molecular complexity index is 248. The van der Waals surface area contributed by atoms with Crippen LogP contribution in [0.1, 0.15) is 26.0 Å². The Morgan fingerprint density at radius 1 is 1.60 bits per heavy atom. The van der Waals surface area contributed by atoms with Gasteiger partial charge in [0.2, 0.25) is 0 Å². The lowest BCUT2D eigenvalue weighted by atomic mass is 10.2. The third-order valence-corrected chi connectivity index (χ3v) is 3.15. The Hall–Kier alpha value is -0.450. The summed E-state index contributed by atoms with van der Waals surface area (Å²) in [7, 11) is 2.14. The number of rotatable bonds is 7. The van der Waals surface area contributed by atoms with Crippen molar-refractivity contribution in [2.75, 3.05) is 20.1 Å². The van der Waals surface area contributed by atoms with Crippen molar-refractivity contribution >= 4 is 11.3 Å². The molecule has 0 spiro atoms. The summed E-state index contributed by atoms with van der Waals surface area (Å²) in [5.41, 5.74) is 3.06. The van der Waals surface area contributed by atoms with Crippen molar-refractivity contribution < 1.29 is 0 Å². The van der Waals surface area contributed by atoms with Crippen molar-refractivity contribution in [1.29, 1.82) is 0 Å². The molecule has 1 atom stereocenters. The molecule has 0 fully saturated rings. The van der Waals surface area contributed by atoms with Crippen molar-refractivity contribution in [1.82, 2.24) is 15.2 Å². The quantitative estimate of drug-likeness (QED) is 0.772. The predicted octanol–water partition coefficient (Wildman–Crippen LogP) is 1.96. The van der Waals surface area contributed by atoms with Gasteiger partial charge in [0.15, 0.2) is 0 Å². The molecule has 0 aliphatic rings. The van der Waals surface area contributed by atoms with E-state index in [1.807, 2.05) is 5.51 Å². The average molecular weight is 227 g/mol. The normalized spacial score (nSPS) is 13.3. The molecule has 86 valence electrons. The van der Waals surface area contributed by atoms with E-state index < -0.39 is 0 Å². The molecule has 1 rings (SSSR count). The summed E-state index contributed by atoms with van der Waals surface area (Å²) in [5.74, 6) is 0. The zero-order valence-electron chi connectivity index (χ0n) is 9.86. The maximum atomic E-state index is 4.27. The summed E-state index contributed by atoms with van der Waals surface area (Å²) in [6, 6.07) is 0.623. The highest BCUT2D eigenvalue weighted by atomic mass is 32.1. The lowest BCUT2D eigenvalue weighted by Gasteiger charge is -2.17. The molecule has 0 aromatic carbocycles. The van der Waals surface area contributed by atoms with Crippen molar-refractivity contribution in [2.24, 2.45) is 0 Å². The largest absolute Gasteiger partial charge is 0.313 e. The second kappa shape index (κ2) is 6.93. The van der Waals surface area contributed by atoms with Gasteiger partial charge in [-0.1, -0.05) is 6.92 Å². The molecule has 3 nitrogen and oxygen atoms in total. The minimum Gasteiger partial charge on any atom is -0.313 e. The monoisotopic (exact) mass is 227 g/mol. The SMILES string of the molecule is CCC(C)NCCN(C)Cc1cscn1. The fourth-order valence-electron chi connectivity index (χ4n) is 1.32. The van der Waals surface area contributed by atoms with Crippen LogP contribution in [-0.4, -0.2) is 36.1 Å². The summed E-state index contributed by atoms with van der Waals surface area (Å²) < 4.78 is 0. The van der Waals surface area contributed by atoms with Crippen LogP contribution in [0.15, 0.2) is 10.9 Å². The minimum absolute atomic E-state index is 0.623. The van der Waals surface area contributed by atoms with E-state index in [-0.39, 0.29) is 0 Å². The van der Waals surface area contributed by atoms with Gasteiger partial charge in [-0.05, 0) is 20.4 Å². The van der Waals surface area contributed by atoms with Gasteiger partial charge in [0.05, 0.1) is 11.2 Å². The van der Waals surface area contributed by atoms with E-state index in [1.54, 1.807) is 11.3 Å². The molecule has 0 aliphatic carbocycles. The standard InChI is InChI=1S/C11H21N3S/c1-4-10(2)12-5-6-14(3)7-11-8-15-9-13-11/h8-10,12H,4-7H2,1-3H3. The molecule has 1 aromatic rings. The first-order chi connectivity index (χ1) is 7.22. The maximum absolute atomic E-state index is 4.27. The van der Waals surface area contributed by atoms with Crippen LogP contribution in [0.3, 0.4) is 0 Å². The zero-order chi connectivity index (χ0) is 11.1. The van der Waals surface area contributed by atoms with Gasteiger partial charge in [-0.25, -0.2) is 4.98 Å². The average Bonchev–Trinajstić information content (AvgIpc) is 2.70. The highest BCUT2D eigenvalue weighted by Crippen LogP contribution is 2.03. The smallest absolute Gasteiger partial charge is 0.0795 e. The molecule has 1 heterocycles. The van der Waals surface area contributed by atoms with E-state index in [2.05, 4.69) is 41.5 Å². The topological polar surface area (TPSA) is 28.2 Å². The van der Waals surface area contributed by atoms with Gasteiger partial charge < -0.3 is 5.32 Å². The third kappa shape index (κ3) is 5.25. The molecule has 0 bridgehead atoms. The molecule has 0 radical (unpaired) electrons. The van der Waals surface area contributed by atoms with Crippen molar-refractivity contribution in [2.45, 2.75) is 32.9 Å². The van der Waals surface area contributed by atoms with Gasteiger partial charge in [-0.15, -0.1) is 11.3 Å². The maximum Gasteiger partial charge on any atom is 0.0795 e. The summed E-state index contributed by atoms with van der Waals surface area (Å²) in [6.07, 6.45) is 1.19. The zero-order valence-corrected chi connectivity index (χ0v) is 10.7. The van der Waals surface area contributed by atoms with Crippen LogP contribution in [0.4, 0.5) is 0 Å². The number of nitrogens with zero attached hydrogens (tertiary/aromatic N) is 2. The molecule has 0 aliphatic heterocycles. The van der Waals surface area contributed by atoms with Crippen LogP contribution in [0, 0.1) is 0 Å². The summed E-state index contributed by atoms with van der Waals surface area (Å²) in [5, 5.41) is 5.59. The number of thiazole rings is 1. The molecular weight excluding hydrogens is 206 g/mol. The van der Waals surface area contributed by atoms with Crippen LogP contribution >= 0.6 is 11.3 Å². The lowest BCUT2D eigenvalue weighted by molar-refractivity contribution is 0.314. The summed E-state index contributed by atoms with van der Waals surface area (Å²) in [6.45, 7) is 7.50. The second-order valence-corrected chi connectivity index (χ2v) is 4.70. The number of aromatic nitrogens is 1. The number of hydrogen-bond donors (Lipinski definition) is 1. The van der Waals surface area contributed by atoms with Gasteiger partial charge in [0.1, 0.15) is 0 Å². The number of likely N-dealkylation sites (N-methyl/N-ethyl adjacent to an activating group) is 1. The fraction of sp³-hybridized carbons (Fsp3) is 0.727. The molecule has 1 aromatic heterocycles. The summed E-state index contributed by atoms with van der Waals surface area (Å²) in [4.78, 5) is 6.57. The van der Waals surface area contributed by atoms with Crippen LogP contribution in [0.25, 0.3) is 0 Å². The molecule has 4 heteroatoms. The molecule has 1 unspecified atom stereocenters. The van der Waals surface area contributed by atoms with E-state index in [9.17, 15) is 0 Å². The van der Waals surface area contributed by atoms with Gasteiger partial charge in [-0.3, -0.25) is 4.90 Å².